The third kappa shape index (κ3) is 2.60. The highest BCUT2D eigenvalue weighted by atomic mass is 32.1. The van der Waals surface area contributed by atoms with Crippen LogP contribution in [0.2, 0.25) is 0 Å². The Bertz CT molecular complexity index is 474. The molecule has 0 bridgehead atoms. The number of ether oxygens (including phenoxy) is 1. The lowest BCUT2D eigenvalue weighted by atomic mass is 10.0. The summed E-state index contributed by atoms with van der Waals surface area (Å²) in [6.45, 7) is 6.30. The zero-order valence-electron chi connectivity index (χ0n) is 11.3. The van der Waals surface area contributed by atoms with Crippen LogP contribution in [0.1, 0.15) is 31.1 Å². The highest BCUT2D eigenvalue weighted by Gasteiger charge is 2.35. The van der Waals surface area contributed by atoms with Gasteiger partial charge in [-0.2, -0.15) is 0 Å². The molecule has 0 aliphatic carbocycles. The third-order valence-electron chi connectivity index (χ3n) is 3.68. The quantitative estimate of drug-likeness (QED) is 0.889. The molecule has 6 heteroatoms. The molecule has 104 valence electrons. The predicted octanol–water partition coefficient (Wildman–Crippen LogP) is 1.36. The monoisotopic (exact) mass is 281 g/mol. The predicted molar refractivity (Wildman–Crippen MR) is 74.7 cm³/mol. The minimum absolute atomic E-state index is 0.00916. The van der Waals surface area contributed by atoms with E-state index in [4.69, 9.17) is 4.74 Å². The fourth-order valence-electron chi connectivity index (χ4n) is 2.56. The van der Waals surface area contributed by atoms with Crippen LogP contribution >= 0.6 is 11.3 Å². The van der Waals surface area contributed by atoms with Crippen molar-refractivity contribution in [3.63, 3.8) is 0 Å². The van der Waals surface area contributed by atoms with E-state index >= 15 is 0 Å². The summed E-state index contributed by atoms with van der Waals surface area (Å²) in [7, 11) is 0. The van der Waals surface area contributed by atoms with Gasteiger partial charge in [-0.3, -0.25) is 4.79 Å². The van der Waals surface area contributed by atoms with Gasteiger partial charge in [0, 0.05) is 24.2 Å². The van der Waals surface area contributed by atoms with Gasteiger partial charge in [-0.15, -0.1) is 11.3 Å². The van der Waals surface area contributed by atoms with Gasteiger partial charge in [-0.25, -0.2) is 4.98 Å². The fourth-order valence-corrected chi connectivity index (χ4v) is 3.52. The van der Waals surface area contributed by atoms with Crippen molar-refractivity contribution in [1.82, 2.24) is 10.3 Å². The molecule has 1 aromatic heterocycles. The van der Waals surface area contributed by atoms with Crippen LogP contribution in [0.4, 0.5) is 5.13 Å². The Kier molecular flexibility index (Phi) is 3.45. The summed E-state index contributed by atoms with van der Waals surface area (Å²) >= 11 is 1.75. The first-order chi connectivity index (χ1) is 9.13. The van der Waals surface area contributed by atoms with E-state index < -0.39 is 0 Å². The number of morpholine rings is 1. The Morgan fingerprint density at radius 3 is 3.16 bits per heavy atom. The Morgan fingerprint density at radius 1 is 1.58 bits per heavy atom. The number of hydrogen-bond acceptors (Lipinski definition) is 5. The van der Waals surface area contributed by atoms with Crippen molar-refractivity contribution in [3.8, 4) is 0 Å². The standard InChI is InChI=1S/C13H19N3O2S/c1-8(2)11-5-14-13(19-11)16-4-3-10-9(6-16)15-12(17)7-18-10/h5,8-10H,3-4,6-7H2,1-2H3,(H,15,17)/t9-,10-/m0/s1. The Balaban J connectivity index is 1.70. The van der Waals surface area contributed by atoms with Crippen molar-refractivity contribution < 1.29 is 9.53 Å². The van der Waals surface area contributed by atoms with Crippen molar-refractivity contribution >= 4 is 22.4 Å². The number of amides is 1. The molecule has 1 amide bonds. The van der Waals surface area contributed by atoms with Crippen molar-refractivity contribution in [1.29, 1.82) is 0 Å². The Hall–Kier alpha value is -1.14. The number of carbonyl (C=O) groups excluding carboxylic acids is 1. The number of carbonyl (C=O) groups is 1. The molecule has 5 nitrogen and oxygen atoms in total. The average molecular weight is 281 g/mol. The summed E-state index contributed by atoms with van der Waals surface area (Å²) in [6, 6.07) is 0.0985. The normalized spacial score (nSPS) is 27.3. The number of hydrogen-bond donors (Lipinski definition) is 1. The van der Waals surface area contributed by atoms with Gasteiger partial charge in [0.15, 0.2) is 5.13 Å². The SMILES string of the molecule is CC(C)c1cnc(N2CC[C@@H]3OCC(=O)N[C@H]3C2)s1. The van der Waals surface area contributed by atoms with Gasteiger partial charge in [-0.1, -0.05) is 13.8 Å². The first kappa shape index (κ1) is 12.9. The van der Waals surface area contributed by atoms with Crippen LogP contribution in [0.25, 0.3) is 0 Å². The van der Waals surface area contributed by atoms with E-state index in [0.717, 1.165) is 24.6 Å². The van der Waals surface area contributed by atoms with E-state index in [1.54, 1.807) is 11.3 Å². The number of piperidine rings is 1. The summed E-state index contributed by atoms with van der Waals surface area (Å²) in [5, 5.41) is 4.08. The van der Waals surface area contributed by atoms with Crippen molar-refractivity contribution in [2.45, 2.75) is 38.3 Å². The largest absolute Gasteiger partial charge is 0.366 e. The van der Waals surface area contributed by atoms with E-state index in [0.29, 0.717) is 5.92 Å². The van der Waals surface area contributed by atoms with Crippen molar-refractivity contribution in [3.05, 3.63) is 11.1 Å². The highest BCUT2D eigenvalue weighted by molar-refractivity contribution is 7.15. The second-order valence-electron chi connectivity index (χ2n) is 5.46. The molecule has 0 radical (unpaired) electrons. The number of aromatic nitrogens is 1. The van der Waals surface area contributed by atoms with Crippen LogP contribution in [0.5, 0.6) is 0 Å². The number of fused-ring (bicyclic) bond motifs is 1. The van der Waals surface area contributed by atoms with Crippen LogP contribution in [0, 0.1) is 0 Å². The van der Waals surface area contributed by atoms with Gasteiger partial charge in [0.05, 0.1) is 12.1 Å². The van der Waals surface area contributed by atoms with Gasteiger partial charge in [0.25, 0.3) is 0 Å². The molecule has 1 N–H and O–H groups in total. The lowest BCUT2D eigenvalue weighted by Gasteiger charge is -2.40. The Labute approximate surface area is 117 Å². The maximum atomic E-state index is 11.4. The van der Waals surface area contributed by atoms with Crippen LogP contribution in [-0.4, -0.2) is 42.7 Å². The second-order valence-corrected chi connectivity index (χ2v) is 6.50. The molecular formula is C13H19N3O2S. The van der Waals surface area contributed by atoms with Crippen LogP contribution in [0.15, 0.2) is 6.20 Å². The maximum Gasteiger partial charge on any atom is 0.246 e. The number of anilines is 1. The highest BCUT2D eigenvalue weighted by Crippen LogP contribution is 2.30. The smallest absolute Gasteiger partial charge is 0.246 e. The van der Waals surface area contributed by atoms with E-state index in [-0.39, 0.29) is 24.7 Å². The molecule has 2 aliphatic rings. The van der Waals surface area contributed by atoms with Crippen LogP contribution in [0.3, 0.4) is 0 Å². The summed E-state index contributed by atoms with van der Waals surface area (Å²) in [4.78, 5) is 19.5. The molecule has 3 heterocycles. The molecule has 19 heavy (non-hydrogen) atoms. The zero-order valence-corrected chi connectivity index (χ0v) is 12.1. The van der Waals surface area contributed by atoms with Crippen LogP contribution < -0.4 is 10.2 Å². The number of thiazole rings is 1. The van der Waals surface area contributed by atoms with E-state index in [1.807, 2.05) is 6.20 Å². The molecule has 2 saturated heterocycles. The summed E-state index contributed by atoms with van der Waals surface area (Å²) < 4.78 is 5.57. The van der Waals surface area contributed by atoms with Gasteiger partial charge in [0.2, 0.25) is 5.91 Å². The first-order valence-electron chi connectivity index (χ1n) is 6.75. The first-order valence-corrected chi connectivity index (χ1v) is 7.57. The summed E-state index contributed by atoms with van der Waals surface area (Å²) in [6.07, 6.45) is 3.08. The summed E-state index contributed by atoms with van der Waals surface area (Å²) in [5.41, 5.74) is 0. The molecule has 2 aliphatic heterocycles. The average Bonchev–Trinajstić information content (AvgIpc) is 2.87. The van der Waals surface area contributed by atoms with Crippen molar-refractivity contribution in [2.24, 2.45) is 0 Å². The number of rotatable bonds is 2. The molecule has 0 saturated carbocycles. The molecule has 0 aromatic carbocycles. The van der Waals surface area contributed by atoms with Gasteiger partial charge >= 0.3 is 0 Å². The molecule has 1 aromatic rings. The molecule has 0 spiro atoms. The zero-order chi connectivity index (χ0) is 13.4. The third-order valence-corrected chi connectivity index (χ3v) is 5.03. The van der Waals surface area contributed by atoms with E-state index in [9.17, 15) is 4.79 Å². The molecule has 2 fully saturated rings. The molecule has 3 rings (SSSR count). The minimum Gasteiger partial charge on any atom is -0.366 e. The van der Waals surface area contributed by atoms with Crippen molar-refractivity contribution in [2.75, 3.05) is 24.6 Å². The van der Waals surface area contributed by atoms with Crippen LogP contribution in [-0.2, 0) is 9.53 Å². The Morgan fingerprint density at radius 2 is 2.42 bits per heavy atom. The molecule has 0 unspecified atom stereocenters. The molecular weight excluding hydrogens is 262 g/mol. The topological polar surface area (TPSA) is 54.5 Å². The molecule has 2 atom stereocenters. The number of nitrogens with zero attached hydrogens (tertiary/aromatic N) is 2. The van der Waals surface area contributed by atoms with Gasteiger partial charge in [0.1, 0.15) is 6.61 Å². The summed E-state index contributed by atoms with van der Waals surface area (Å²) in [5.74, 6) is 0.506. The van der Waals surface area contributed by atoms with E-state index in [2.05, 4.69) is 29.0 Å². The van der Waals surface area contributed by atoms with E-state index in [1.165, 1.54) is 4.88 Å². The second kappa shape index (κ2) is 5.09. The van der Waals surface area contributed by atoms with Gasteiger partial charge < -0.3 is 15.0 Å². The maximum absolute atomic E-state index is 11.4. The number of nitrogens with one attached hydrogen (secondary N) is 1. The minimum atomic E-state index is -0.00916. The fraction of sp³-hybridized carbons (Fsp3) is 0.692. The lowest BCUT2D eigenvalue weighted by molar-refractivity contribution is -0.137. The van der Waals surface area contributed by atoms with Gasteiger partial charge in [-0.05, 0) is 12.3 Å². The lowest BCUT2D eigenvalue weighted by Crippen LogP contribution is -2.60.